The molecule has 1 atom stereocenters. The summed E-state index contributed by atoms with van der Waals surface area (Å²) in [4.78, 5) is 22.6. The summed E-state index contributed by atoms with van der Waals surface area (Å²) in [6.45, 7) is 5.80. The number of amides is 2. The Morgan fingerprint density at radius 1 is 0.976 bits per heavy atom. The first-order valence-corrected chi connectivity index (χ1v) is 13.2. The van der Waals surface area contributed by atoms with Crippen molar-refractivity contribution in [1.29, 1.82) is 5.26 Å². The number of hydrogen-bond acceptors (Lipinski definition) is 10. The minimum Gasteiger partial charge on any atom is -0.495 e. The summed E-state index contributed by atoms with van der Waals surface area (Å²) in [5, 5.41) is 12.0. The fourth-order valence-electron chi connectivity index (χ4n) is 3.65. The molecule has 42 heavy (non-hydrogen) atoms. The molecule has 0 spiro atoms. The van der Waals surface area contributed by atoms with Gasteiger partial charge < -0.3 is 46.2 Å². The number of carbonyl (C=O) groups excluding carboxylic acids is 2. The zero-order chi connectivity index (χ0) is 31.9. The van der Waals surface area contributed by atoms with Crippen LogP contribution in [0, 0.1) is 11.3 Å². The van der Waals surface area contributed by atoms with E-state index in [9.17, 15) is 14.9 Å². The first kappa shape index (κ1) is 35.4. The molecule has 0 aliphatic heterocycles. The largest absolute Gasteiger partial charge is 0.495 e. The summed E-state index contributed by atoms with van der Waals surface area (Å²) < 4.78 is 26.2. The maximum atomic E-state index is 11.4. The third-order valence-corrected chi connectivity index (χ3v) is 5.64. The second kappa shape index (κ2) is 17.2. The molecule has 230 valence electrons. The topological polar surface area (TPSA) is 194 Å². The Hall–Kier alpha value is -4.63. The van der Waals surface area contributed by atoms with Gasteiger partial charge in [0, 0.05) is 0 Å². The molecule has 0 heterocycles. The smallest absolute Gasteiger partial charge is 0.408 e. The fraction of sp³-hybridized carbons (Fsp3) is 0.433. The molecule has 0 aliphatic carbocycles. The summed E-state index contributed by atoms with van der Waals surface area (Å²) in [7, 11) is 6.14. The van der Waals surface area contributed by atoms with E-state index in [0.29, 0.717) is 52.8 Å². The van der Waals surface area contributed by atoms with E-state index in [4.69, 9.17) is 40.9 Å². The van der Waals surface area contributed by atoms with Crippen molar-refractivity contribution >= 4 is 29.3 Å². The molecule has 2 aromatic carbocycles. The van der Waals surface area contributed by atoms with Gasteiger partial charge in [0.15, 0.2) is 11.5 Å². The van der Waals surface area contributed by atoms with Crippen LogP contribution >= 0.6 is 0 Å². The molecular weight excluding hydrogens is 542 g/mol. The standard InChI is InChI=1S/C19H20N2O4.C11H23N3O3/c1-22-16-6-5-12(8-15(16)21)7-14(11-20)13-9-17(23-2)19(25-4)18(10-13)24-3;1-11(2,3)17-10(16)14-8(9(13)15)6-4-5-7-12/h5-10H,21H2,1-4H3;8H,4-7,12H2,1-3H3,(H2,13,15)(H,14,16)/b14-7-;/t;8-/m.0/s1. The van der Waals surface area contributed by atoms with Crippen molar-refractivity contribution in [2.45, 2.75) is 51.7 Å². The zero-order valence-corrected chi connectivity index (χ0v) is 25.4. The van der Waals surface area contributed by atoms with Crippen molar-refractivity contribution in [1.82, 2.24) is 5.32 Å². The van der Waals surface area contributed by atoms with Crippen LogP contribution in [0.3, 0.4) is 0 Å². The molecule has 0 bridgehead atoms. The lowest BCUT2D eigenvalue weighted by atomic mass is 10.0. The minimum absolute atomic E-state index is 0.434. The summed E-state index contributed by atoms with van der Waals surface area (Å²) in [6.07, 6.45) is 3.11. The van der Waals surface area contributed by atoms with Crippen LogP contribution in [0.15, 0.2) is 30.3 Å². The monoisotopic (exact) mass is 585 g/mol. The molecule has 0 aromatic heterocycles. The van der Waals surface area contributed by atoms with E-state index in [1.807, 2.05) is 6.07 Å². The third-order valence-electron chi connectivity index (χ3n) is 5.64. The van der Waals surface area contributed by atoms with E-state index in [-0.39, 0.29) is 0 Å². The van der Waals surface area contributed by atoms with Gasteiger partial charge in [0.2, 0.25) is 11.7 Å². The lowest BCUT2D eigenvalue weighted by molar-refractivity contribution is -0.120. The molecule has 7 N–H and O–H groups in total. The lowest BCUT2D eigenvalue weighted by Crippen LogP contribution is -2.46. The quantitative estimate of drug-likeness (QED) is 0.123. The van der Waals surface area contributed by atoms with Crippen molar-refractivity contribution in [3.63, 3.8) is 0 Å². The molecule has 12 heteroatoms. The Kier molecular flexibility index (Phi) is 14.5. The highest BCUT2D eigenvalue weighted by molar-refractivity contribution is 5.91. The number of hydrogen-bond donors (Lipinski definition) is 4. The van der Waals surface area contributed by atoms with E-state index >= 15 is 0 Å². The Morgan fingerprint density at radius 2 is 1.57 bits per heavy atom. The molecular formula is C30H43N5O7. The van der Waals surface area contributed by atoms with Gasteiger partial charge >= 0.3 is 6.09 Å². The summed E-state index contributed by atoms with van der Waals surface area (Å²) >= 11 is 0. The van der Waals surface area contributed by atoms with Crippen molar-refractivity contribution in [3.8, 4) is 29.1 Å². The molecule has 2 aromatic rings. The number of unbranched alkanes of at least 4 members (excludes halogenated alkanes) is 1. The van der Waals surface area contributed by atoms with Crippen LogP contribution in [0.1, 0.15) is 51.2 Å². The number of nitrogens with one attached hydrogen (secondary N) is 1. The Labute approximate surface area is 247 Å². The van der Waals surface area contributed by atoms with Crippen molar-refractivity contribution < 1.29 is 33.3 Å². The van der Waals surface area contributed by atoms with Gasteiger partial charge in [0.1, 0.15) is 17.4 Å². The normalized spacial score (nSPS) is 11.6. The van der Waals surface area contributed by atoms with Gasteiger partial charge in [-0.1, -0.05) is 6.07 Å². The number of ether oxygens (including phenoxy) is 5. The summed E-state index contributed by atoms with van der Waals surface area (Å²) in [6, 6.07) is 10.3. The number of rotatable bonds is 12. The number of methoxy groups -OCH3 is 4. The molecule has 2 rings (SSSR count). The van der Waals surface area contributed by atoms with Gasteiger partial charge in [-0.25, -0.2) is 4.79 Å². The number of nitrogens with two attached hydrogens (primary N) is 3. The Balaban J connectivity index is 0.000000456. The summed E-state index contributed by atoms with van der Waals surface area (Å²) in [5.74, 6) is 1.45. The molecule has 0 aliphatic rings. The maximum absolute atomic E-state index is 11.4. The molecule has 0 saturated carbocycles. The number of nitriles is 1. The highest BCUT2D eigenvalue weighted by Crippen LogP contribution is 2.40. The average molecular weight is 586 g/mol. The number of nitrogen functional groups attached to an aromatic ring is 1. The SMILES string of the molecule is CC(C)(C)OC(=O)N[C@@H](CCCCN)C(N)=O.COc1ccc(/C=C(/C#N)c2cc(OC)c(OC)c(OC)c2)cc1N. The number of carbonyl (C=O) groups is 2. The van der Waals surface area contributed by atoms with Crippen LogP contribution in [0.25, 0.3) is 11.6 Å². The second-order valence-corrected chi connectivity index (χ2v) is 9.97. The zero-order valence-electron chi connectivity index (χ0n) is 25.4. The van der Waals surface area contributed by atoms with Crippen LogP contribution in [0.5, 0.6) is 23.0 Å². The molecule has 0 radical (unpaired) electrons. The Bertz CT molecular complexity index is 1240. The molecule has 12 nitrogen and oxygen atoms in total. The summed E-state index contributed by atoms with van der Waals surface area (Å²) in [5.41, 5.74) is 18.2. The van der Waals surface area contributed by atoms with Gasteiger partial charge in [-0.2, -0.15) is 5.26 Å². The Morgan fingerprint density at radius 3 is 2.00 bits per heavy atom. The van der Waals surface area contributed by atoms with E-state index in [1.54, 1.807) is 58.2 Å². The number of benzene rings is 2. The van der Waals surface area contributed by atoms with Crippen LogP contribution in [-0.2, 0) is 9.53 Å². The van der Waals surface area contributed by atoms with Gasteiger partial charge in [-0.05, 0) is 88.0 Å². The number of nitrogens with zero attached hydrogens (tertiary/aromatic N) is 1. The number of allylic oxidation sites excluding steroid dienone is 1. The molecule has 0 saturated heterocycles. The number of alkyl carbamates (subject to hydrolysis) is 1. The predicted molar refractivity (Wildman–Crippen MR) is 162 cm³/mol. The third kappa shape index (κ3) is 11.5. The molecule has 2 amide bonds. The van der Waals surface area contributed by atoms with Crippen LogP contribution in [-0.4, -0.2) is 58.6 Å². The van der Waals surface area contributed by atoms with Crippen molar-refractivity contribution in [3.05, 3.63) is 41.5 Å². The number of anilines is 1. The first-order chi connectivity index (χ1) is 19.8. The van der Waals surface area contributed by atoms with E-state index in [2.05, 4.69) is 11.4 Å². The maximum Gasteiger partial charge on any atom is 0.408 e. The fourth-order valence-corrected chi connectivity index (χ4v) is 3.65. The minimum atomic E-state index is -0.698. The lowest BCUT2D eigenvalue weighted by Gasteiger charge is -2.22. The highest BCUT2D eigenvalue weighted by atomic mass is 16.6. The number of primary amides is 1. The van der Waals surface area contributed by atoms with Gasteiger partial charge in [0.25, 0.3) is 0 Å². The van der Waals surface area contributed by atoms with Crippen LogP contribution in [0.2, 0.25) is 0 Å². The van der Waals surface area contributed by atoms with Gasteiger partial charge in [0.05, 0.1) is 45.8 Å². The molecule has 0 unspecified atom stereocenters. The van der Waals surface area contributed by atoms with E-state index in [1.165, 1.54) is 21.3 Å². The average Bonchev–Trinajstić information content (AvgIpc) is 2.94. The van der Waals surface area contributed by atoms with Gasteiger partial charge in [-0.15, -0.1) is 0 Å². The highest BCUT2D eigenvalue weighted by Gasteiger charge is 2.22. The van der Waals surface area contributed by atoms with E-state index in [0.717, 1.165) is 18.4 Å². The van der Waals surface area contributed by atoms with Crippen molar-refractivity contribution in [2.75, 3.05) is 40.7 Å². The molecule has 0 fully saturated rings. The first-order valence-electron chi connectivity index (χ1n) is 13.2. The second-order valence-electron chi connectivity index (χ2n) is 9.97. The van der Waals surface area contributed by atoms with Gasteiger partial charge in [-0.3, -0.25) is 4.79 Å². The predicted octanol–water partition coefficient (Wildman–Crippen LogP) is 3.86. The van der Waals surface area contributed by atoms with Crippen molar-refractivity contribution in [2.24, 2.45) is 11.5 Å². The van der Waals surface area contributed by atoms with Crippen LogP contribution in [0.4, 0.5) is 10.5 Å². The van der Waals surface area contributed by atoms with E-state index < -0.39 is 23.6 Å². The van der Waals surface area contributed by atoms with Crippen LogP contribution < -0.4 is 41.5 Å².